The van der Waals surface area contributed by atoms with Gasteiger partial charge in [0.2, 0.25) is 0 Å². The van der Waals surface area contributed by atoms with Gasteiger partial charge in [-0.05, 0) is 30.2 Å². The standard InChI is InChI=1S/C12H21NS/c1-6-13(7-2)11-9-14-8-10(11)12(3,4)5/h8-9H,6-7H2,1-5H3. The lowest BCUT2D eigenvalue weighted by molar-refractivity contribution is 0.590. The van der Waals surface area contributed by atoms with Crippen LogP contribution >= 0.6 is 11.3 Å². The summed E-state index contributed by atoms with van der Waals surface area (Å²) in [5, 5.41) is 4.56. The van der Waals surface area contributed by atoms with Crippen molar-refractivity contribution >= 4 is 17.0 Å². The number of rotatable bonds is 3. The van der Waals surface area contributed by atoms with E-state index >= 15 is 0 Å². The molecule has 0 aromatic carbocycles. The van der Waals surface area contributed by atoms with Crippen LogP contribution in [0, 0.1) is 0 Å². The Morgan fingerprint density at radius 3 is 2.14 bits per heavy atom. The first-order chi connectivity index (χ1) is 6.50. The van der Waals surface area contributed by atoms with E-state index in [1.54, 1.807) is 0 Å². The van der Waals surface area contributed by atoms with E-state index in [2.05, 4.69) is 50.3 Å². The average Bonchev–Trinajstić information content (AvgIpc) is 2.54. The zero-order valence-electron chi connectivity index (χ0n) is 9.92. The Hall–Kier alpha value is -0.500. The van der Waals surface area contributed by atoms with Gasteiger partial charge in [0.1, 0.15) is 0 Å². The first-order valence-corrected chi connectivity index (χ1v) is 6.26. The van der Waals surface area contributed by atoms with Crippen LogP contribution in [0.25, 0.3) is 0 Å². The highest BCUT2D eigenvalue weighted by Gasteiger charge is 2.20. The number of anilines is 1. The topological polar surface area (TPSA) is 3.24 Å². The molecule has 0 amide bonds. The fourth-order valence-electron chi connectivity index (χ4n) is 1.66. The van der Waals surface area contributed by atoms with Crippen LogP contribution < -0.4 is 4.90 Å². The molecule has 0 unspecified atom stereocenters. The summed E-state index contributed by atoms with van der Waals surface area (Å²) in [6.07, 6.45) is 0. The van der Waals surface area contributed by atoms with Gasteiger partial charge in [-0.25, -0.2) is 0 Å². The third kappa shape index (κ3) is 2.30. The third-order valence-corrected chi connectivity index (χ3v) is 3.28. The number of hydrogen-bond acceptors (Lipinski definition) is 2. The van der Waals surface area contributed by atoms with Gasteiger partial charge in [0.15, 0.2) is 0 Å². The van der Waals surface area contributed by atoms with Crippen molar-refractivity contribution in [3.05, 3.63) is 16.3 Å². The predicted molar refractivity (Wildman–Crippen MR) is 66.6 cm³/mol. The molecule has 2 heteroatoms. The largest absolute Gasteiger partial charge is 0.371 e. The molecule has 0 aliphatic carbocycles. The highest BCUT2D eigenvalue weighted by atomic mass is 32.1. The summed E-state index contributed by atoms with van der Waals surface area (Å²) < 4.78 is 0. The fraction of sp³-hybridized carbons (Fsp3) is 0.667. The highest BCUT2D eigenvalue weighted by molar-refractivity contribution is 7.08. The van der Waals surface area contributed by atoms with Gasteiger partial charge >= 0.3 is 0 Å². The van der Waals surface area contributed by atoms with Crippen molar-refractivity contribution in [2.75, 3.05) is 18.0 Å². The molecule has 0 aliphatic heterocycles. The molecule has 14 heavy (non-hydrogen) atoms. The quantitative estimate of drug-likeness (QED) is 0.733. The van der Waals surface area contributed by atoms with Crippen LogP contribution in [0.2, 0.25) is 0 Å². The second-order valence-corrected chi connectivity index (χ2v) is 5.34. The van der Waals surface area contributed by atoms with Crippen LogP contribution in [0.3, 0.4) is 0 Å². The predicted octanol–water partition coefficient (Wildman–Crippen LogP) is 3.89. The minimum atomic E-state index is 0.262. The molecule has 1 heterocycles. The van der Waals surface area contributed by atoms with Crippen LogP contribution in [0.1, 0.15) is 40.2 Å². The zero-order valence-corrected chi connectivity index (χ0v) is 10.7. The molecular weight excluding hydrogens is 190 g/mol. The van der Waals surface area contributed by atoms with Crippen molar-refractivity contribution in [1.29, 1.82) is 0 Å². The summed E-state index contributed by atoms with van der Waals surface area (Å²) in [5.74, 6) is 0. The molecule has 1 rings (SSSR count). The second kappa shape index (κ2) is 4.35. The first kappa shape index (κ1) is 11.6. The molecule has 0 aliphatic rings. The minimum absolute atomic E-state index is 0.262. The molecular formula is C12H21NS. The Bertz CT molecular complexity index is 279. The van der Waals surface area contributed by atoms with Crippen molar-refractivity contribution in [1.82, 2.24) is 0 Å². The molecule has 0 saturated heterocycles. The van der Waals surface area contributed by atoms with Gasteiger partial charge in [-0.3, -0.25) is 0 Å². The molecule has 1 nitrogen and oxygen atoms in total. The number of thiophene rings is 1. The second-order valence-electron chi connectivity index (χ2n) is 4.59. The van der Waals surface area contributed by atoms with E-state index in [4.69, 9.17) is 0 Å². The van der Waals surface area contributed by atoms with Crippen LogP contribution in [0.5, 0.6) is 0 Å². The number of hydrogen-bond donors (Lipinski definition) is 0. The Morgan fingerprint density at radius 2 is 1.71 bits per heavy atom. The maximum absolute atomic E-state index is 2.43. The monoisotopic (exact) mass is 211 g/mol. The summed E-state index contributed by atoms with van der Waals surface area (Å²) in [5.41, 5.74) is 3.16. The summed E-state index contributed by atoms with van der Waals surface area (Å²) in [7, 11) is 0. The van der Waals surface area contributed by atoms with Crippen LogP contribution in [-0.4, -0.2) is 13.1 Å². The Labute approximate surface area is 91.8 Å². The lowest BCUT2D eigenvalue weighted by atomic mass is 9.88. The summed E-state index contributed by atoms with van der Waals surface area (Å²) in [6.45, 7) is 13.5. The average molecular weight is 211 g/mol. The highest BCUT2D eigenvalue weighted by Crippen LogP contribution is 2.34. The Morgan fingerprint density at radius 1 is 1.14 bits per heavy atom. The van der Waals surface area contributed by atoms with Crippen LogP contribution in [0.15, 0.2) is 10.8 Å². The smallest absolute Gasteiger partial charge is 0.0512 e. The normalized spacial score (nSPS) is 11.8. The van der Waals surface area contributed by atoms with Gasteiger partial charge in [-0.15, -0.1) is 11.3 Å². The molecule has 0 N–H and O–H groups in total. The van der Waals surface area contributed by atoms with Gasteiger partial charge in [-0.2, -0.15) is 0 Å². The fourth-order valence-corrected chi connectivity index (χ4v) is 2.74. The summed E-state index contributed by atoms with van der Waals surface area (Å²) in [4.78, 5) is 2.43. The summed E-state index contributed by atoms with van der Waals surface area (Å²) in [6, 6.07) is 0. The Balaban J connectivity index is 3.03. The van der Waals surface area contributed by atoms with Crippen molar-refractivity contribution in [3.8, 4) is 0 Å². The van der Waals surface area contributed by atoms with Gasteiger partial charge in [0, 0.05) is 18.5 Å². The van der Waals surface area contributed by atoms with Crippen molar-refractivity contribution in [2.24, 2.45) is 0 Å². The maximum Gasteiger partial charge on any atom is 0.0512 e. The zero-order chi connectivity index (χ0) is 10.8. The van der Waals surface area contributed by atoms with Crippen LogP contribution in [0.4, 0.5) is 5.69 Å². The SMILES string of the molecule is CCN(CC)c1cscc1C(C)(C)C. The lowest BCUT2D eigenvalue weighted by Gasteiger charge is -2.27. The van der Waals surface area contributed by atoms with E-state index in [1.165, 1.54) is 11.3 Å². The van der Waals surface area contributed by atoms with E-state index in [-0.39, 0.29) is 5.41 Å². The van der Waals surface area contributed by atoms with E-state index in [0.717, 1.165) is 13.1 Å². The minimum Gasteiger partial charge on any atom is -0.371 e. The van der Waals surface area contributed by atoms with E-state index < -0.39 is 0 Å². The maximum atomic E-state index is 2.43. The molecule has 80 valence electrons. The molecule has 1 aromatic heterocycles. The molecule has 0 saturated carbocycles. The Kier molecular flexibility index (Phi) is 3.59. The van der Waals surface area contributed by atoms with Gasteiger partial charge in [0.25, 0.3) is 0 Å². The lowest BCUT2D eigenvalue weighted by Crippen LogP contribution is -2.25. The van der Waals surface area contributed by atoms with Gasteiger partial charge in [-0.1, -0.05) is 20.8 Å². The molecule has 0 spiro atoms. The van der Waals surface area contributed by atoms with E-state index in [1.807, 2.05) is 11.3 Å². The summed E-state index contributed by atoms with van der Waals surface area (Å²) >= 11 is 1.81. The van der Waals surface area contributed by atoms with Crippen LogP contribution in [-0.2, 0) is 5.41 Å². The third-order valence-electron chi connectivity index (χ3n) is 2.55. The van der Waals surface area contributed by atoms with Gasteiger partial charge in [0.05, 0.1) is 5.69 Å². The molecule has 1 aromatic rings. The molecule has 0 radical (unpaired) electrons. The van der Waals surface area contributed by atoms with E-state index in [9.17, 15) is 0 Å². The number of nitrogens with zero attached hydrogens (tertiary/aromatic N) is 1. The molecule has 0 bridgehead atoms. The first-order valence-electron chi connectivity index (χ1n) is 5.32. The van der Waals surface area contributed by atoms with Crippen molar-refractivity contribution < 1.29 is 0 Å². The molecule has 0 fully saturated rings. The van der Waals surface area contributed by atoms with Gasteiger partial charge < -0.3 is 4.90 Å². The van der Waals surface area contributed by atoms with E-state index in [0.29, 0.717) is 0 Å². The molecule has 0 atom stereocenters. The van der Waals surface area contributed by atoms with Crippen molar-refractivity contribution in [2.45, 2.75) is 40.0 Å². The van der Waals surface area contributed by atoms with Crippen molar-refractivity contribution in [3.63, 3.8) is 0 Å².